The van der Waals surface area contributed by atoms with Gasteiger partial charge < -0.3 is 9.84 Å². The Hall–Kier alpha value is -2.74. The molecule has 3 rings (SSSR count). The maximum Gasteiger partial charge on any atom is 0.321 e. The molecule has 1 atom stereocenters. The minimum Gasteiger partial charge on any atom is -0.364 e. The summed E-state index contributed by atoms with van der Waals surface area (Å²) in [5, 5.41) is 18.7. The van der Waals surface area contributed by atoms with Crippen LogP contribution in [0.4, 0.5) is 9.93 Å². The number of nitrogens with one attached hydrogen (secondary N) is 2. The molecule has 0 saturated carbocycles. The highest BCUT2D eigenvalue weighted by atomic mass is 32.1. The van der Waals surface area contributed by atoms with Crippen molar-refractivity contribution in [3.8, 4) is 0 Å². The number of anilines is 1. The van der Waals surface area contributed by atoms with Gasteiger partial charge in [0.05, 0.1) is 6.54 Å². The van der Waals surface area contributed by atoms with Crippen LogP contribution < -0.4 is 10.6 Å². The van der Waals surface area contributed by atoms with Gasteiger partial charge in [-0.1, -0.05) is 53.7 Å². The zero-order valence-corrected chi connectivity index (χ0v) is 13.9. The number of amides is 2. The predicted octanol–water partition coefficient (Wildman–Crippen LogP) is 3.39. The van der Waals surface area contributed by atoms with Gasteiger partial charge in [-0.2, -0.15) is 0 Å². The van der Waals surface area contributed by atoms with Crippen LogP contribution >= 0.6 is 11.3 Å². The molecule has 2 N–H and O–H groups in total. The molecule has 0 radical (unpaired) electrons. The molecule has 2 heterocycles. The Balaban J connectivity index is 1.61. The Morgan fingerprint density at radius 2 is 2.08 bits per heavy atom. The zero-order valence-electron chi connectivity index (χ0n) is 13.1. The number of rotatable bonds is 6. The molecular formula is C16H17N5O2S. The van der Waals surface area contributed by atoms with Gasteiger partial charge in [-0.15, -0.1) is 10.2 Å². The van der Waals surface area contributed by atoms with E-state index >= 15 is 0 Å². The normalized spacial score (nSPS) is 11.9. The number of hydrogen-bond acceptors (Lipinski definition) is 6. The highest BCUT2D eigenvalue weighted by Crippen LogP contribution is 2.31. The second kappa shape index (κ2) is 7.69. The first kappa shape index (κ1) is 16.1. The molecule has 8 heteroatoms. The molecule has 0 unspecified atom stereocenters. The number of benzene rings is 1. The largest absolute Gasteiger partial charge is 0.364 e. The third-order valence-electron chi connectivity index (χ3n) is 3.49. The van der Waals surface area contributed by atoms with Crippen LogP contribution in [0.15, 0.2) is 47.2 Å². The highest BCUT2D eigenvalue weighted by Gasteiger charge is 2.18. The lowest BCUT2D eigenvalue weighted by molar-refractivity contribution is 0.251. The molecular weight excluding hydrogens is 326 g/mol. The number of urea groups is 1. The van der Waals surface area contributed by atoms with Crippen LogP contribution in [-0.4, -0.2) is 21.4 Å². The minimum absolute atomic E-state index is 0.178. The molecule has 0 aliphatic carbocycles. The van der Waals surface area contributed by atoms with E-state index in [1.807, 2.05) is 18.2 Å². The third-order valence-corrected chi connectivity index (χ3v) is 4.44. The van der Waals surface area contributed by atoms with E-state index < -0.39 is 0 Å². The van der Waals surface area contributed by atoms with Crippen molar-refractivity contribution in [3.63, 3.8) is 0 Å². The molecule has 124 valence electrons. The van der Waals surface area contributed by atoms with Crippen LogP contribution in [0, 0.1) is 0 Å². The standard InChI is InChI=1S/C16H17N5O2S/c1-2-13(11-6-4-3-5-7-11)14-19-20-16(24-14)18-15(22)17-10-12-8-9-23-21-12/h3-9,13H,2,10H2,1H3,(H2,17,18,20,22)/t13-/m0/s1. The summed E-state index contributed by atoms with van der Waals surface area (Å²) in [6.07, 6.45) is 2.37. The third kappa shape index (κ3) is 3.96. The van der Waals surface area contributed by atoms with E-state index in [0.717, 1.165) is 11.4 Å². The van der Waals surface area contributed by atoms with Gasteiger partial charge in [0.1, 0.15) is 17.0 Å². The molecule has 0 spiro atoms. The summed E-state index contributed by atoms with van der Waals surface area (Å²) in [6.45, 7) is 2.40. The second-order valence-electron chi connectivity index (χ2n) is 5.12. The Bertz CT molecular complexity index is 773. The fourth-order valence-corrected chi connectivity index (χ4v) is 3.26. The predicted molar refractivity (Wildman–Crippen MR) is 90.8 cm³/mol. The Labute approximate surface area is 143 Å². The van der Waals surface area contributed by atoms with Crippen molar-refractivity contribution in [2.45, 2.75) is 25.8 Å². The fourth-order valence-electron chi connectivity index (χ4n) is 2.31. The summed E-state index contributed by atoms with van der Waals surface area (Å²) in [4.78, 5) is 11.9. The monoisotopic (exact) mass is 343 g/mol. The van der Waals surface area contributed by atoms with Crippen molar-refractivity contribution in [2.24, 2.45) is 0 Å². The molecule has 0 bridgehead atoms. The molecule has 0 aliphatic heterocycles. The van der Waals surface area contributed by atoms with Gasteiger partial charge in [-0.05, 0) is 12.0 Å². The number of carbonyl (C=O) groups excluding carboxylic acids is 1. The van der Waals surface area contributed by atoms with Gasteiger partial charge in [0.25, 0.3) is 0 Å². The fraction of sp³-hybridized carbons (Fsp3) is 0.250. The van der Waals surface area contributed by atoms with Crippen LogP contribution in [0.3, 0.4) is 0 Å². The number of carbonyl (C=O) groups is 1. The van der Waals surface area contributed by atoms with E-state index in [9.17, 15) is 4.79 Å². The average molecular weight is 343 g/mol. The van der Waals surface area contributed by atoms with Crippen molar-refractivity contribution < 1.29 is 9.32 Å². The van der Waals surface area contributed by atoms with Gasteiger partial charge >= 0.3 is 6.03 Å². The van der Waals surface area contributed by atoms with Crippen LogP contribution in [0.25, 0.3) is 0 Å². The molecule has 3 aromatic rings. The van der Waals surface area contributed by atoms with Gasteiger partial charge in [-0.3, -0.25) is 5.32 Å². The van der Waals surface area contributed by atoms with E-state index in [-0.39, 0.29) is 18.5 Å². The number of hydrogen-bond donors (Lipinski definition) is 2. The first-order valence-corrected chi connectivity index (χ1v) is 8.40. The van der Waals surface area contributed by atoms with E-state index in [4.69, 9.17) is 4.52 Å². The lowest BCUT2D eigenvalue weighted by Gasteiger charge is -2.11. The first-order chi connectivity index (χ1) is 11.8. The van der Waals surface area contributed by atoms with Crippen molar-refractivity contribution >= 4 is 22.5 Å². The smallest absolute Gasteiger partial charge is 0.321 e. The van der Waals surface area contributed by atoms with E-state index in [1.54, 1.807) is 6.07 Å². The molecule has 2 amide bonds. The van der Waals surface area contributed by atoms with Crippen LogP contribution in [0.5, 0.6) is 0 Å². The van der Waals surface area contributed by atoms with Crippen molar-refractivity contribution in [3.05, 3.63) is 58.9 Å². The summed E-state index contributed by atoms with van der Waals surface area (Å²) in [7, 11) is 0. The van der Waals surface area contributed by atoms with E-state index in [1.165, 1.54) is 23.2 Å². The van der Waals surface area contributed by atoms with E-state index in [0.29, 0.717) is 10.8 Å². The number of aromatic nitrogens is 3. The summed E-state index contributed by atoms with van der Waals surface area (Å²) in [5.74, 6) is 0.178. The quantitative estimate of drug-likeness (QED) is 0.715. The Morgan fingerprint density at radius 1 is 1.25 bits per heavy atom. The van der Waals surface area contributed by atoms with Crippen LogP contribution in [0.2, 0.25) is 0 Å². The van der Waals surface area contributed by atoms with Crippen LogP contribution in [-0.2, 0) is 6.54 Å². The molecule has 24 heavy (non-hydrogen) atoms. The van der Waals surface area contributed by atoms with Gasteiger partial charge in [-0.25, -0.2) is 4.79 Å². The summed E-state index contributed by atoms with van der Waals surface area (Å²) in [5.41, 5.74) is 1.84. The van der Waals surface area contributed by atoms with Gasteiger partial charge in [0.2, 0.25) is 5.13 Å². The average Bonchev–Trinajstić information content (AvgIpc) is 3.27. The van der Waals surface area contributed by atoms with Gasteiger partial charge in [0, 0.05) is 12.0 Å². The van der Waals surface area contributed by atoms with Crippen molar-refractivity contribution in [1.29, 1.82) is 0 Å². The summed E-state index contributed by atoms with van der Waals surface area (Å²) >= 11 is 1.38. The molecule has 7 nitrogen and oxygen atoms in total. The molecule has 0 saturated heterocycles. The zero-order chi connectivity index (χ0) is 16.8. The second-order valence-corrected chi connectivity index (χ2v) is 6.12. The maximum atomic E-state index is 11.9. The minimum atomic E-state index is -0.353. The van der Waals surface area contributed by atoms with Gasteiger partial charge in [0.15, 0.2) is 0 Å². The summed E-state index contributed by atoms with van der Waals surface area (Å²) < 4.78 is 4.71. The lowest BCUT2D eigenvalue weighted by Crippen LogP contribution is -2.28. The van der Waals surface area contributed by atoms with Crippen molar-refractivity contribution in [1.82, 2.24) is 20.7 Å². The van der Waals surface area contributed by atoms with Crippen molar-refractivity contribution in [2.75, 3.05) is 5.32 Å². The van der Waals surface area contributed by atoms with Crippen LogP contribution in [0.1, 0.15) is 35.5 Å². The highest BCUT2D eigenvalue weighted by molar-refractivity contribution is 7.15. The Morgan fingerprint density at radius 3 is 2.79 bits per heavy atom. The van der Waals surface area contributed by atoms with E-state index in [2.05, 4.69) is 45.0 Å². The Kier molecular flexibility index (Phi) is 5.17. The lowest BCUT2D eigenvalue weighted by atomic mass is 9.97. The maximum absolute atomic E-state index is 11.9. The topological polar surface area (TPSA) is 92.9 Å². The summed E-state index contributed by atoms with van der Waals surface area (Å²) in [6, 6.07) is 11.5. The molecule has 1 aromatic carbocycles. The molecule has 0 aliphatic rings. The molecule has 2 aromatic heterocycles. The number of nitrogens with zero attached hydrogens (tertiary/aromatic N) is 3. The first-order valence-electron chi connectivity index (χ1n) is 7.58. The molecule has 0 fully saturated rings. The SMILES string of the molecule is CC[C@@H](c1ccccc1)c1nnc(NC(=O)NCc2ccon2)s1.